The zero-order chi connectivity index (χ0) is 9.68. The predicted molar refractivity (Wildman–Crippen MR) is 59.8 cm³/mol. The fourth-order valence-electron chi connectivity index (χ4n) is 0.928. The Morgan fingerprint density at radius 3 is 2.85 bits per heavy atom. The number of aromatic nitrogens is 1. The number of hydrogen-bond acceptors (Lipinski definition) is 3. The van der Waals surface area contributed by atoms with Crippen LogP contribution in [-0.4, -0.2) is 23.3 Å². The normalized spacial score (nSPS) is 11.8. The molecule has 0 aliphatic heterocycles. The summed E-state index contributed by atoms with van der Waals surface area (Å²) in [6.45, 7) is 0. The van der Waals surface area contributed by atoms with Gasteiger partial charge in [0.15, 0.2) is 0 Å². The topological polar surface area (TPSA) is 25.2 Å². The molecule has 4 heteroatoms. The van der Waals surface area contributed by atoms with Gasteiger partial charge in [0.1, 0.15) is 5.15 Å². The minimum Gasteiger partial charge on any atom is -0.286 e. The summed E-state index contributed by atoms with van der Waals surface area (Å²) in [6, 6.07) is 3.77. The Morgan fingerprint density at radius 1 is 1.62 bits per heavy atom. The van der Waals surface area contributed by atoms with Gasteiger partial charge in [-0.05, 0) is 17.9 Å². The zero-order valence-electron chi connectivity index (χ0n) is 7.62. The summed E-state index contributed by atoms with van der Waals surface area (Å²) >= 11 is 7.33. The Labute approximate surface area is 87.4 Å². The second kappa shape index (κ2) is 5.25. The standard InChI is InChI=1S/C9H11ClN2S/c1-11-9(13-2)5-7-3-4-8(10)12-6-7/h3-4,6H,5H2,1-2H3. The van der Waals surface area contributed by atoms with Crippen LogP contribution in [0.15, 0.2) is 23.3 Å². The van der Waals surface area contributed by atoms with E-state index in [9.17, 15) is 0 Å². The summed E-state index contributed by atoms with van der Waals surface area (Å²) in [4.78, 5) is 8.15. The molecule has 0 spiro atoms. The molecule has 0 aliphatic carbocycles. The Morgan fingerprint density at radius 2 is 2.38 bits per heavy atom. The smallest absolute Gasteiger partial charge is 0.129 e. The van der Waals surface area contributed by atoms with Gasteiger partial charge in [-0.1, -0.05) is 17.7 Å². The van der Waals surface area contributed by atoms with Crippen LogP contribution in [0.25, 0.3) is 0 Å². The molecule has 0 aromatic carbocycles. The molecule has 0 amide bonds. The van der Waals surface area contributed by atoms with E-state index >= 15 is 0 Å². The average molecular weight is 215 g/mol. The van der Waals surface area contributed by atoms with E-state index in [1.807, 2.05) is 12.3 Å². The molecule has 0 saturated carbocycles. The van der Waals surface area contributed by atoms with Gasteiger partial charge in [0.25, 0.3) is 0 Å². The molecule has 0 bridgehead atoms. The van der Waals surface area contributed by atoms with E-state index in [2.05, 4.69) is 9.98 Å². The summed E-state index contributed by atoms with van der Waals surface area (Å²) in [7, 11) is 1.80. The molecular weight excluding hydrogens is 204 g/mol. The quantitative estimate of drug-likeness (QED) is 0.430. The number of nitrogens with zero attached hydrogens (tertiary/aromatic N) is 2. The molecule has 0 N–H and O–H groups in total. The van der Waals surface area contributed by atoms with Gasteiger partial charge in [-0.25, -0.2) is 4.98 Å². The van der Waals surface area contributed by atoms with Crippen LogP contribution in [-0.2, 0) is 6.42 Å². The molecule has 0 saturated heterocycles. The molecule has 2 nitrogen and oxygen atoms in total. The van der Waals surface area contributed by atoms with Gasteiger partial charge in [0.05, 0.1) is 5.04 Å². The Hall–Kier alpha value is -0.540. The second-order valence-corrected chi connectivity index (χ2v) is 3.75. The summed E-state index contributed by atoms with van der Waals surface area (Å²) in [5, 5.41) is 1.63. The van der Waals surface area contributed by atoms with Gasteiger partial charge in [0.2, 0.25) is 0 Å². The van der Waals surface area contributed by atoms with Crippen molar-refractivity contribution in [1.82, 2.24) is 4.98 Å². The van der Waals surface area contributed by atoms with E-state index < -0.39 is 0 Å². The summed E-state index contributed by atoms with van der Waals surface area (Å²) in [5.74, 6) is 0. The van der Waals surface area contributed by atoms with Crippen molar-refractivity contribution in [3.63, 3.8) is 0 Å². The van der Waals surface area contributed by atoms with Crippen LogP contribution in [0, 0.1) is 0 Å². The van der Waals surface area contributed by atoms with Crippen molar-refractivity contribution in [2.24, 2.45) is 4.99 Å². The van der Waals surface area contributed by atoms with Crippen LogP contribution < -0.4 is 0 Å². The first-order valence-electron chi connectivity index (χ1n) is 3.86. The number of pyridine rings is 1. The summed E-state index contributed by atoms with van der Waals surface area (Å²) in [6.07, 6.45) is 4.64. The minimum atomic E-state index is 0.530. The van der Waals surface area contributed by atoms with Crippen molar-refractivity contribution in [2.75, 3.05) is 13.3 Å². The van der Waals surface area contributed by atoms with Crippen LogP contribution in [0.3, 0.4) is 0 Å². The maximum atomic E-state index is 5.67. The van der Waals surface area contributed by atoms with Crippen molar-refractivity contribution in [3.8, 4) is 0 Å². The van der Waals surface area contributed by atoms with Crippen molar-refractivity contribution in [2.45, 2.75) is 6.42 Å². The molecule has 1 heterocycles. The highest BCUT2D eigenvalue weighted by atomic mass is 35.5. The van der Waals surface area contributed by atoms with Gasteiger partial charge in [0, 0.05) is 19.7 Å². The fourth-order valence-corrected chi connectivity index (χ4v) is 1.53. The van der Waals surface area contributed by atoms with E-state index in [-0.39, 0.29) is 0 Å². The monoisotopic (exact) mass is 214 g/mol. The molecule has 13 heavy (non-hydrogen) atoms. The lowest BCUT2D eigenvalue weighted by Crippen LogP contribution is -1.97. The maximum Gasteiger partial charge on any atom is 0.129 e. The lowest BCUT2D eigenvalue weighted by molar-refractivity contribution is 1.22. The molecule has 0 atom stereocenters. The molecular formula is C9H11ClN2S. The molecule has 0 radical (unpaired) electrons. The molecule has 1 aromatic rings. The van der Waals surface area contributed by atoms with Crippen LogP contribution in [0.5, 0.6) is 0 Å². The maximum absolute atomic E-state index is 5.67. The van der Waals surface area contributed by atoms with E-state index in [0.717, 1.165) is 17.0 Å². The first kappa shape index (κ1) is 10.5. The highest BCUT2D eigenvalue weighted by Crippen LogP contribution is 2.09. The van der Waals surface area contributed by atoms with Crippen molar-refractivity contribution >= 4 is 28.4 Å². The predicted octanol–water partition coefficient (Wildman–Crippen LogP) is 2.67. The van der Waals surface area contributed by atoms with Gasteiger partial charge < -0.3 is 0 Å². The number of halogens is 1. The summed E-state index contributed by atoms with van der Waals surface area (Å²) < 4.78 is 0. The number of hydrogen-bond donors (Lipinski definition) is 0. The highest BCUT2D eigenvalue weighted by Gasteiger charge is 1.99. The van der Waals surface area contributed by atoms with Crippen LogP contribution in [0.1, 0.15) is 5.56 Å². The first-order valence-corrected chi connectivity index (χ1v) is 5.46. The lowest BCUT2D eigenvalue weighted by atomic mass is 10.2. The van der Waals surface area contributed by atoms with Crippen LogP contribution in [0.2, 0.25) is 5.15 Å². The van der Waals surface area contributed by atoms with Crippen molar-refractivity contribution in [1.29, 1.82) is 0 Å². The Balaban J connectivity index is 2.69. The number of rotatable bonds is 2. The van der Waals surface area contributed by atoms with E-state index in [1.54, 1.807) is 31.1 Å². The molecule has 0 aliphatic rings. The largest absolute Gasteiger partial charge is 0.286 e. The number of aliphatic imine (C=N–C) groups is 1. The molecule has 0 unspecified atom stereocenters. The molecule has 0 fully saturated rings. The van der Waals surface area contributed by atoms with Gasteiger partial charge in [-0.3, -0.25) is 4.99 Å². The van der Waals surface area contributed by atoms with Crippen molar-refractivity contribution < 1.29 is 0 Å². The SMILES string of the molecule is CN=C(Cc1ccc(Cl)nc1)SC. The van der Waals surface area contributed by atoms with E-state index in [0.29, 0.717) is 5.15 Å². The van der Waals surface area contributed by atoms with E-state index in [4.69, 9.17) is 11.6 Å². The van der Waals surface area contributed by atoms with E-state index in [1.165, 1.54) is 0 Å². The third kappa shape index (κ3) is 3.36. The third-order valence-corrected chi connectivity index (χ3v) is 2.65. The third-order valence-electron chi connectivity index (χ3n) is 1.63. The van der Waals surface area contributed by atoms with Crippen LogP contribution in [0.4, 0.5) is 0 Å². The number of thioether (sulfide) groups is 1. The summed E-state index contributed by atoms with van der Waals surface area (Å²) in [5.41, 5.74) is 1.14. The molecule has 70 valence electrons. The van der Waals surface area contributed by atoms with Gasteiger partial charge >= 0.3 is 0 Å². The van der Waals surface area contributed by atoms with Gasteiger partial charge in [-0.2, -0.15) is 0 Å². The Bertz CT molecular complexity index is 295. The van der Waals surface area contributed by atoms with Crippen molar-refractivity contribution in [3.05, 3.63) is 29.0 Å². The average Bonchev–Trinajstić information content (AvgIpc) is 2.17. The molecule has 1 rings (SSSR count). The zero-order valence-corrected chi connectivity index (χ0v) is 9.19. The minimum absolute atomic E-state index is 0.530. The van der Waals surface area contributed by atoms with Crippen LogP contribution >= 0.6 is 23.4 Å². The lowest BCUT2D eigenvalue weighted by Gasteiger charge is -2.01. The van der Waals surface area contributed by atoms with Gasteiger partial charge in [-0.15, -0.1) is 11.8 Å². The Kier molecular flexibility index (Phi) is 4.25. The first-order chi connectivity index (χ1) is 6.26. The highest BCUT2D eigenvalue weighted by molar-refractivity contribution is 8.13. The molecule has 1 aromatic heterocycles. The fraction of sp³-hybridized carbons (Fsp3) is 0.333. The second-order valence-electron chi connectivity index (χ2n) is 2.49.